The maximum Gasteiger partial charge on any atom is 0.191 e. The number of hydrogen-bond donors (Lipinski definition) is 2. The molecule has 0 spiro atoms. The summed E-state index contributed by atoms with van der Waals surface area (Å²) in [7, 11) is 3.53. The smallest absolute Gasteiger partial charge is 0.191 e. The Morgan fingerprint density at radius 1 is 1.10 bits per heavy atom. The Hall–Kier alpha value is -1.79. The van der Waals surface area contributed by atoms with Crippen LogP contribution in [0.15, 0.2) is 29.3 Å². The van der Waals surface area contributed by atoms with Gasteiger partial charge in [-0.05, 0) is 31.7 Å². The Balaban J connectivity index is 1.30. The van der Waals surface area contributed by atoms with Crippen molar-refractivity contribution in [2.75, 3.05) is 40.4 Å². The Kier molecular flexibility index (Phi) is 9.09. The van der Waals surface area contributed by atoms with Gasteiger partial charge in [0.2, 0.25) is 0 Å². The molecule has 1 heterocycles. The number of nitrogens with one attached hydrogen (secondary N) is 2. The Labute approximate surface area is 176 Å². The third-order valence-electron chi connectivity index (χ3n) is 6.17. The molecule has 0 unspecified atom stereocenters. The largest absolute Gasteiger partial charge is 0.496 e. The second kappa shape index (κ2) is 12.0. The highest BCUT2D eigenvalue weighted by atomic mass is 16.5. The van der Waals surface area contributed by atoms with Crippen molar-refractivity contribution in [3.05, 3.63) is 29.8 Å². The standard InChI is InChI=1S/C23H38N4O2/c1-24-23(25-14-17-29-18-19-8-6-7-11-22(19)28-2)26-20-12-15-27(16-13-20)21-9-4-3-5-10-21/h6-8,11,20-21H,3-5,9-10,12-18H2,1-2H3,(H2,24,25,26). The summed E-state index contributed by atoms with van der Waals surface area (Å²) in [5.41, 5.74) is 1.07. The average molecular weight is 403 g/mol. The number of rotatable bonds is 8. The molecule has 3 rings (SSSR count). The third kappa shape index (κ3) is 6.89. The molecule has 0 bridgehead atoms. The summed E-state index contributed by atoms with van der Waals surface area (Å²) < 4.78 is 11.2. The predicted octanol–water partition coefficient (Wildman–Crippen LogP) is 3.17. The zero-order valence-corrected chi connectivity index (χ0v) is 18.2. The summed E-state index contributed by atoms with van der Waals surface area (Å²) in [6.45, 7) is 4.33. The highest BCUT2D eigenvalue weighted by molar-refractivity contribution is 5.79. The van der Waals surface area contributed by atoms with E-state index in [0.717, 1.165) is 29.9 Å². The van der Waals surface area contributed by atoms with Gasteiger partial charge in [-0.2, -0.15) is 0 Å². The number of para-hydroxylation sites is 1. The number of guanidine groups is 1. The lowest BCUT2D eigenvalue weighted by Gasteiger charge is -2.39. The van der Waals surface area contributed by atoms with Crippen LogP contribution < -0.4 is 15.4 Å². The molecule has 0 radical (unpaired) electrons. The van der Waals surface area contributed by atoms with Crippen LogP contribution in [-0.2, 0) is 11.3 Å². The predicted molar refractivity (Wildman–Crippen MR) is 119 cm³/mol. The molecule has 162 valence electrons. The molecule has 29 heavy (non-hydrogen) atoms. The van der Waals surface area contributed by atoms with Gasteiger partial charge in [0.1, 0.15) is 5.75 Å². The van der Waals surface area contributed by atoms with Crippen molar-refractivity contribution in [3.8, 4) is 5.75 Å². The number of aliphatic imine (C=N–C) groups is 1. The van der Waals surface area contributed by atoms with Gasteiger partial charge >= 0.3 is 0 Å². The molecule has 1 aromatic rings. The van der Waals surface area contributed by atoms with Gasteiger partial charge in [0, 0.05) is 44.3 Å². The van der Waals surface area contributed by atoms with E-state index in [4.69, 9.17) is 9.47 Å². The van der Waals surface area contributed by atoms with Crippen LogP contribution in [0, 0.1) is 0 Å². The number of nitrogens with zero attached hydrogens (tertiary/aromatic N) is 2. The van der Waals surface area contributed by atoms with Crippen LogP contribution in [0.5, 0.6) is 5.75 Å². The van der Waals surface area contributed by atoms with E-state index < -0.39 is 0 Å². The lowest BCUT2D eigenvalue weighted by molar-refractivity contribution is 0.118. The molecular formula is C23H38N4O2. The van der Waals surface area contributed by atoms with E-state index >= 15 is 0 Å². The van der Waals surface area contributed by atoms with Crippen molar-refractivity contribution >= 4 is 5.96 Å². The molecule has 1 saturated heterocycles. The van der Waals surface area contributed by atoms with E-state index in [1.54, 1.807) is 7.11 Å². The number of methoxy groups -OCH3 is 1. The molecule has 2 fully saturated rings. The molecule has 2 N–H and O–H groups in total. The van der Waals surface area contributed by atoms with Crippen LogP contribution in [0.4, 0.5) is 0 Å². The monoisotopic (exact) mass is 402 g/mol. The number of likely N-dealkylation sites (tertiary alicyclic amines) is 1. The van der Waals surface area contributed by atoms with E-state index in [2.05, 4.69) is 20.5 Å². The van der Waals surface area contributed by atoms with Crippen molar-refractivity contribution in [1.82, 2.24) is 15.5 Å². The van der Waals surface area contributed by atoms with Gasteiger partial charge in [-0.25, -0.2) is 0 Å². The molecule has 2 aliphatic rings. The van der Waals surface area contributed by atoms with E-state index in [0.29, 0.717) is 19.3 Å². The molecule has 0 aromatic heterocycles. The van der Waals surface area contributed by atoms with Gasteiger partial charge < -0.3 is 25.0 Å². The molecule has 0 atom stereocenters. The highest BCUT2D eigenvalue weighted by Gasteiger charge is 2.26. The van der Waals surface area contributed by atoms with E-state index in [-0.39, 0.29) is 0 Å². The summed E-state index contributed by atoms with van der Waals surface area (Å²) in [6.07, 6.45) is 9.45. The molecular weight excluding hydrogens is 364 g/mol. The molecule has 1 aliphatic carbocycles. The van der Waals surface area contributed by atoms with Crippen molar-refractivity contribution in [3.63, 3.8) is 0 Å². The number of hydrogen-bond acceptors (Lipinski definition) is 4. The fourth-order valence-corrected chi connectivity index (χ4v) is 4.49. The van der Waals surface area contributed by atoms with E-state index in [1.165, 1.54) is 58.0 Å². The normalized spacial score (nSPS) is 19.9. The van der Waals surface area contributed by atoms with Gasteiger partial charge in [0.05, 0.1) is 20.3 Å². The van der Waals surface area contributed by atoms with Gasteiger partial charge in [-0.1, -0.05) is 37.5 Å². The number of benzene rings is 1. The van der Waals surface area contributed by atoms with Crippen LogP contribution in [-0.4, -0.2) is 63.3 Å². The highest BCUT2D eigenvalue weighted by Crippen LogP contribution is 2.25. The molecule has 6 heteroatoms. The second-order valence-electron chi connectivity index (χ2n) is 8.11. The van der Waals surface area contributed by atoms with Gasteiger partial charge in [-0.3, -0.25) is 4.99 Å². The summed E-state index contributed by atoms with van der Waals surface area (Å²) in [6, 6.07) is 9.32. The molecule has 1 aromatic carbocycles. The second-order valence-corrected chi connectivity index (χ2v) is 8.11. The molecule has 0 amide bonds. The van der Waals surface area contributed by atoms with Crippen LogP contribution in [0.3, 0.4) is 0 Å². The number of ether oxygens (including phenoxy) is 2. The summed E-state index contributed by atoms with van der Waals surface area (Å²) in [4.78, 5) is 7.10. The topological polar surface area (TPSA) is 58.1 Å². The first-order valence-corrected chi connectivity index (χ1v) is 11.2. The maximum atomic E-state index is 5.80. The minimum atomic E-state index is 0.510. The van der Waals surface area contributed by atoms with Gasteiger partial charge in [0.15, 0.2) is 5.96 Å². The van der Waals surface area contributed by atoms with Crippen molar-refractivity contribution in [2.24, 2.45) is 4.99 Å². The van der Waals surface area contributed by atoms with Crippen molar-refractivity contribution < 1.29 is 9.47 Å². The zero-order valence-electron chi connectivity index (χ0n) is 18.2. The van der Waals surface area contributed by atoms with Crippen LogP contribution in [0.1, 0.15) is 50.5 Å². The van der Waals surface area contributed by atoms with E-state index in [9.17, 15) is 0 Å². The molecule has 6 nitrogen and oxygen atoms in total. The average Bonchev–Trinajstić information content (AvgIpc) is 2.79. The first kappa shape index (κ1) is 21.9. The van der Waals surface area contributed by atoms with Crippen molar-refractivity contribution in [2.45, 2.75) is 63.6 Å². The number of piperidine rings is 1. The minimum absolute atomic E-state index is 0.510. The first-order valence-electron chi connectivity index (χ1n) is 11.2. The lowest BCUT2D eigenvalue weighted by atomic mass is 9.92. The van der Waals surface area contributed by atoms with E-state index in [1.807, 2.05) is 31.3 Å². The zero-order chi connectivity index (χ0) is 20.3. The first-order chi connectivity index (χ1) is 14.3. The Morgan fingerprint density at radius 2 is 1.86 bits per heavy atom. The fraction of sp³-hybridized carbons (Fsp3) is 0.696. The van der Waals surface area contributed by atoms with Gasteiger partial charge in [-0.15, -0.1) is 0 Å². The molecule has 1 saturated carbocycles. The van der Waals surface area contributed by atoms with Crippen LogP contribution in [0.2, 0.25) is 0 Å². The Bertz CT molecular complexity index is 623. The minimum Gasteiger partial charge on any atom is -0.496 e. The quantitative estimate of drug-likeness (QED) is 0.397. The van der Waals surface area contributed by atoms with Crippen LogP contribution in [0.25, 0.3) is 0 Å². The summed E-state index contributed by atoms with van der Waals surface area (Å²) in [5, 5.41) is 6.97. The summed E-state index contributed by atoms with van der Waals surface area (Å²) in [5.74, 6) is 1.75. The van der Waals surface area contributed by atoms with Crippen molar-refractivity contribution in [1.29, 1.82) is 0 Å². The Morgan fingerprint density at radius 3 is 2.59 bits per heavy atom. The third-order valence-corrected chi connectivity index (χ3v) is 6.17. The summed E-state index contributed by atoms with van der Waals surface area (Å²) >= 11 is 0. The SMILES string of the molecule is CN=C(NCCOCc1ccccc1OC)NC1CCN(C2CCCCC2)CC1. The lowest BCUT2D eigenvalue weighted by Crippen LogP contribution is -2.51. The maximum absolute atomic E-state index is 5.80. The molecule has 1 aliphatic heterocycles. The van der Waals surface area contributed by atoms with Gasteiger partial charge in [0.25, 0.3) is 0 Å². The fourth-order valence-electron chi connectivity index (χ4n) is 4.49. The van der Waals surface area contributed by atoms with Crippen LogP contribution >= 0.6 is 0 Å².